The average molecular weight is 258 g/mol. The van der Waals surface area contributed by atoms with Crippen LogP contribution in [-0.4, -0.2) is 17.3 Å². The van der Waals surface area contributed by atoms with Crippen molar-refractivity contribution in [2.45, 2.75) is 32.1 Å². The van der Waals surface area contributed by atoms with Crippen molar-refractivity contribution in [3.05, 3.63) is 48.6 Å². The predicted molar refractivity (Wildman–Crippen MR) is 74.1 cm³/mol. The van der Waals surface area contributed by atoms with E-state index in [9.17, 15) is 14.4 Å². The molecule has 0 saturated heterocycles. The van der Waals surface area contributed by atoms with Crippen LogP contribution in [0.5, 0.6) is 0 Å². The second-order valence-corrected chi connectivity index (χ2v) is 4.37. The maximum atomic E-state index is 11.8. The van der Waals surface area contributed by atoms with Crippen molar-refractivity contribution < 1.29 is 14.4 Å². The number of allylic oxidation sites excluding steroid dienone is 1. The zero-order chi connectivity index (χ0) is 14.1. The van der Waals surface area contributed by atoms with Crippen LogP contribution in [0.1, 0.15) is 42.5 Å². The van der Waals surface area contributed by atoms with Crippen molar-refractivity contribution in [3.63, 3.8) is 0 Å². The molecule has 0 radical (unpaired) electrons. The Bertz CT molecular complexity index is 460. The number of hydrogen-bond donors (Lipinski definition) is 0. The van der Waals surface area contributed by atoms with Gasteiger partial charge in [0.15, 0.2) is 5.78 Å². The van der Waals surface area contributed by atoms with Gasteiger partial charge in [0.25, 0.3) is 0 Å². The van der Waals surface area contributed by atoms with E-state index in [1.165, 1.54) is 0 Å². The number of benzene rings is 1. The Balaban J connectivity index is 2.32. The summed E-state index contributed by atoms with van der Waals surface area (Å²) < 4.78 is 0. The maximum Gasteiger partial charge on any atom is 0.163 e. The highest BCUT2D eigenvalue weighted by Crippen LogP contribution is 2.07. The van der Waals surface area contributed by atoms with Gasteiger partial charge in [-0.2, -0.15) is 0 Å². The van der Waals surface area contributed by atoms with Crippen LogP contribution in [0.4, 0.5) is 0 Å². The molecule has 0 spiro atoms. The van der Waals surface area contributed by atoms with Crippen molar-refractivity contribution in [1.29, 1.82) is 0 Å². The highest BCUT2D eigenvalue weighted by Gasteiger charge is 2.12. The monoisotopic (exact) mass is 258 g/mol. The van der Waals surface area contributed by atoms with Gasteiger partial charge < -0.3 is 0 Å². The summed E-state index contributed by atoms with van der Waals surface area (Å²) in [5.41, 5.74) is 0.605. The van der Waals surface area contributed by atoms with Gasteiger partial charge in [0.1, 0.15) is 11.6 Å². The number of carbonyl (C=O) groups is 3. The Kier molecular flexibility index (Phi) is 6.44. The maximum absolute atomic E-state index is 11.8. The molecule has 0 fully saturated rings. The standard InChI is InChI=1S/C16H18O3/c1-2-3-9-14(17)12-15(18)10-11-16(19)13-7-5-4-6-8-13/h2,4-8H,1,3,9-12H2. The first-order valence-electron chi connectivity index (χ1n) is 6.36. The minimum Gasteiger partial charge on any atom is -0.299 e. The Morgan fingerprint density at radius 2 is 1.58 bits per heavy atom. The van der Waals surface area contributed by atoms with Gasteiger partial charge >= 0.3 is 0 Å². The van der Waals surface area contributed by atoms with Crippen molar-refractivity contribution in [1.82, 2.24) is 0 Å². The van der Waals surface area contributed by atoms with E-state index >= 15 is 0 Å². The molecule has 0 heterocycles. The summed E-state index contributed by atoms with van der Waals surface area (Å²) in [6.45, 7) is 3.52. The zero-order valence-corrected chi connectivity index (χ0v) is 10.9. The smallest absolute Gasteiger partial charge is 0.163 e. The van der Waals surface area contributed by atoms with Gasteiger partial charge in [0.2, 0.25) is 0 Å². The largest absolute Gasteiger partial charge is 0.299 e. The van der Waals surface area contributed by atoms with Crippen molar-refractivity contribution in [2.24, 2.45) is 0 Å². The van der Waals surface area contributed by atoms with E-state index in [2.05, 4.69) is 6.58 Å². The van der Waals surface area contributed by atoms with Crippen LogP contribution in [0.3, 0.4) is 0 Å². The van der Waals surface area contributed by atoms with Gasteiger partial charge in [-0.25, -0.2) is 0 Å². The molecular weight excluding hydrogens is 240 g/mol. The Morgan fingerprint density at radius 1 is 0.947 bits per heavy atom. The summed E-state index contributed by atoms with van der Waals surface area (Å²) in [7, 11) is 0. The predicted octanol–water partition coefficient (Wildman–Crippen LogP) is 3.14. The molecule has 0 aliphatic carbocycles. The second-order valence-electron chi connectivity index (χ2n) is 4.37. The lowest BCUT2D eigenvalue weighted by Gasteiger charge is -2.01. The second kappa shape index (κ2) is 8.14. The van der Waals surface area contributed by atoms with E-state index in [0.29, 0.717) is 18.4 Å². The topological polar surface area (TPSA) is 51.2 Å². The van der Waals surface area contributed by atoms with E-state index in [0.717, 1.165) is 0 Å². The number of hydrogen-bond acceptors (Lipinski definition) is 3. The molecular formula is C16H18O3. The van der Waals surface area contributed by atoms with E-state index in [-0.39, 0.29) is 36.6 Å². The summed E-state index contributed by atoms with van der Waals surface area (Å²) in [5.74, 6) is -0.317. The van der Waals surface area contributed by atoms with Crippen LogP contribution in [-0.2, 0) is 9.59 Å². The molecule has 0 atom stereocenters. The third-order valence-corrected chi connectivity index (χ3v) is 2.75. The molecule has 0 aliphatic heterocycles. The fourth-order valence-electron chi connectivity index (χ4n) is 1.68. The first-order valence-corrected chi connectivity index (χ1v) is 6.36. The zero-order valence-electron chi connectivity index (χ0n) is 10.9. The Morgan fingerprint density at radius 3 is 2.21 bits per heavy atom. The van der Waals surface area contributed by atoms with E-state index < -0.39 is 0 Å². The van der Waals surface area contributed by atoms with Crippen molar-refractivity contribution in [2.75, 3.05) is 0 Å². The SMILES string of the molecule is C=CCCC(=O)CC(=O)CCC(=O)c1ccccc1. The molecule has 0 bridgehead atoms. The molecule has 19 heavy (non-hydrogen) atoms. The lowest BCUT2D eigenvalue weighted by Crippen LogP contribution is -2.09. The van der Waals surface area contributed by atoms with Crippen LogP contribution < -0.4 is 0 Å². The van der Waals surface area contributed by atoms with E-state index in [1.807, 2.05) is 6.07 Å². The van der Waals surface area contributed by atoms with Crippen LogP contribution in [0.25, 0.3) is 0 Å². The lowest BCUT2D eigenvalue weighted by molar-refractivity contribution is -0.126. The highest BCUT2D eigenvalue weighted by molar-refractivity contribution is 6.02. The average Bonchev–Trinajstić information content (AvgIpc) is 2.43. The van der Waals surface area contributed by atoms with E-state index in [4.69, 9.17) is 0 Å². The number of ketones is 3. The normalized spacial score (nSPS) is 9.89. The van der Waals surface area contributed by atoms with Crippen LogP contribution in [0, 0.1) is 0 Å². The van der Waals surface area contributed by atoms with Gasteiger partial charge in [0, 0.05) is 24.8 Å². The third-order valence-electron chi connectivity index (χ3n) is 2.75. The minimum atomic E-state index is -0.168. The number of Topliss-reactive ketones (excluding diaryl/α,β-unsaturated/α-hetero) is 3. The Labute approximate surface area is 113 Å². The molecule has 0 aromatic heterocycles. The quantitative estimate of drug-likeness (QED) is 0.388. The minimum absolute atomic E-state index is 0.0625. The fraction of sp³-hybridized carbons (Fsp3) is 0.312. The summed E-state index contributed by atoms with van der Waals surface area (Å²) in [6.07, 6.45) is 2.82. The summed E-state index contributed by atoms with van der Waals surface area (Å²) >= 11 is 0. The molecule has 0 amide bonds. The third kappa shape index (κ3) is 5.91. The molecule has 0 aliphatic rings. The molecule has 0 saturated carbocycles. The van der Waals surface area contributed by atoms with Crippen LogP contribution in [0.15, 0.2) is 43.0 Å². The van der Waals surface area contributed by atoms with Crippen molar-refractivity contribution in [3.8, 4) is 0 Å². The summed E-state index contributed by atoms with van der Waals surface area (Å²) in [5, 5.41) is 0. The van der Waals surface area contributed by atoms with Gasteiger partial charge in [-0.3, -0.25) is 14.4 Å². The van der Waals surface area contributed by atoms with Crippen molar-refractivity contribution >= 4 is 17.3 Å². The van der Waals surface area contributed by atoms with Gasteiger partial charge in [-0.15, -0.1) is 6.58 Å². The molecule has 100 valence electrons. The number of carbonyl (C=O) groups excluding carboxylic acids is 3. The Hall–Kier alpha value is -2.03. The first-order chi connectivity index (χ1) is 9.13. The first kappa shape index (κ1) is 15.0. The molecule has 1 aromatic rings. The summed E-state index contributed by atoms with van der Waals surface area (Å²) in [4.78, 5) is 34.7. The van der Waals surface area contributed by atoms with Gasteiger partial charge in [-0.1, -0.05) is 36.4 Å². The molecule has 1 rings (SSSR count). The van der Waals surface area contributed by atoms with Crippen LogP contribution in [0.2, 0.25) is 0 Å². The number of rotatable bonds is 9. The fourth-order valence-corrected chi connectivity index (χ4v) is 1.68. The van der Waals surface area contributed by atoms with Gasteiger partial charge in [-0.05, 0) is 6.42 Å². The summed E-state index contributed by atoms with van der Waals surface area (Å²) in [6, 6.07) is 8.85. The lowest BCUT2D eigenvalue weighted by atomic mass is 10.0. The molecule has 0 unspecified atom stereocenters. The molecule has 3 heteroatoms. The van der Waals surface area contributed by atoms with Crippen LogP contribution >= 0.6 is 0 Å². The van der Waals surface area contributed by atoms with E-state index in [1.54, 1.807) is 30.3 Å². The highest BCUT2D eigenvalue weighted by atomic mass is 16.1. The van der Waals surface area contributed by atoms with Gasteiger partial charge in [0.05, 0.1) is 6.42 Å². The molecule has 0 N–H and O–H groups in total. The molecule has 1 aromatic carbocycles. The molecule has 3 nitrogen and oxygen atoms in total.